The number of hydrogen-bond donors (Lipinski definition) is 2. The number of halogens is 1. The highest BCUT2D eigenvalue weighted by Gasteiger charge is 2.20. The van der Waals surface area contributed by atoms with E-state index in [0.29, 0.717) is 0 Å². The van der Waals surface area contributed by atoms with Crippen molar-refractivity contribution in [3.8, 4) is 0 Å². The monoisotopic (exact) mass is 400 g/mol. The molecule has 1 unspecified atom stereocenters. The first-order chi connectivity index (χ1) is 12.0. The predicted octanol–water partition coefficient (Wildman–Crippen LogP) is 3.22. The summed E-state index contributed by atoms with van der Waals surface area (Å²) in [5, 5.41) is 13.0. The fraction of sp³-hybridized carbons (Fsp3) is 0.158. The van der Waals surface area contributed by atoms with E-state index in [2.05, 4.69) is 21.2 Å². The quantitative estimate of drug-likeness (QED) is 0.667. The van der Waals surface area contributed by atoms with Crippen LogP contribution in [-0.4, -0.2) is 27.6 Å². The summed E-state index contributed by atoms with van der Waals surface area (Å²) in [6, 6.07) is 16.0. The summed E-state index contributed by atoms with van der Waals surface area (Å²) in [7, 11) is 0. The molecule has 3 aromatic rings. The lowest BCUT2D eigenvalue weighted by Crippen LogP contribution is -2.43. The minimum absolute atomic E-state index is 0.0680. The van der Waals surface area contributed by atoms with Crippen LogP contribution in [0.1, 0.15) is 5.56 Å². The van der Waals surface area contributed by atoms with Crippen molar-refractivity contribution in [2.75, 3.05) is 0 Å². The first-order valence-corrected chi connectivity index (χ1v) is 8.63. The topological polar surface area (TPSA) is 71.3 Å². The van der Waals surface area contributed by atoms with Gasteiger partial charge in [0.25, 0.3) is 0 Å². The lowest BCUT2D eigenvalue weighted by atomic mass is 10.1. The van der Waals surface area contributed by atoms with Gasteiger partial charge in [-0.1, -0.05) is 52.3 Å². The number of nitrogens with one attached hydrogen (secondary N) is 1. The largest absolute Gasteiger partial charge is 0.480 e. The molecular formula is C19H17BrN2O3. The maximum atomic E-state index is 12.3. The normalized spacial score (nSPS) is 12.0. The highest BCUT2D eigenvalue weighted by Crippen LogP contribution is 2.24. The number of fused-ring (bicyclic) bond motifs is 1. The van der Waals surface area contributed by atoms with Gasteiger partial charge in [0.2, 0.25) is 5.91 Å². The summed E-state index contributed by atoms with van der Waals surface area (Å²) in [5.74, 6) is -1.38. The number of aliphatic carboxylic acids is 1. The number of carboxylic acid groups (broad SMARTS) is 1. The van der Waals surface area contributed by atoms with E-state index in [9.17, 15) is 14.7 Å². The van der Waals surface area contributed by atoms with E-state index >= 15 is 0 Å². The van der Waals surface area contributed by atoms with Gasteiger partial charge in [-0.2, -0.15) is 0 Å². The number of aromatic nitrogens is 1. The summed E-state index contributed by atoms with van der Waals surface area (Å²) in [5.41, 5.74) is 1.78. The number of carbonyl (C=O) groups excluding carboxylic acids is 1. The van der Waals surface area contributed by atoms with E-state index in [-0.39, 0.29) is 18.9 Å². The summed E-state index contributed by atoms with van der Waals surface area (Å²) in [6.07, 6.45) is 2.07. The molecule has 0 saturated heterocycles. The first-order valence-electron chi connectivity index (χ1n) is 7.84. The third-order valence-corrected chi connectivity index (χ3v) is 4.68. The minimum atomic E-state index is -1.04. The Morgan fingerprint density at radius 1 is 1.08 bits per heavy atom. The number of hydrogen-bond acceptors (Lipinski definition) is 2. The van der Waals surface area contributed by atoms with E-state index in [1.807, 2.05) is 60.8 Å². The molecule has 2 N–H and O–H groups in total. The number of nitrogens with zero attached hydrogens (tertiary/aromatic N) is 1. The van der Waals surface area contributed by atoms with Crippen LogP contribution < -0.4 is 5.32 Å². The van der Waals surface area contributed by atoms with E-state index in [0.717, 1.165) is 20.9 Å². The van der Waals surface area contributed by atoms with Crippen LogP contribution in [-0.2, 0) is 22.6 Å². The summed E-state index contributed by atoms with van der Waals surface area (Å²) in [4.78, 5) is 23.8. The molecule has 25 heavy (non-hydrogen) atoms. The van der Waals surface area contributed by atoms with Gasteiger partial charge >= 0.3 is 5.97 Å². The highest BCUT2D eigenvalue weighted by molar-refractivity contribution is 9.10. The van der Waals surface area contributed by atoms with E-state index < -0.39 is 12.0 Å². The highest BCUT2D eigenvalue weighted by atomic mass is 79.9. The molecule has 5 nitrogen and oxygen atoms in total. The van der Waals surface area contributed by atoms with Gasteiger partial charge in [0.1, 0.15) is 12.6 Å². The third kappa shape index (κ3) is 4.09. The minimum Gasteiger partial charge on any atom is -0.480 e. The van der Waals surface area contributed by atoms with Crippen molar-refractivity contribution in [2.24, 2.45) is 0 Å². The SMILES string of the molecule is O=C(Cn1ccc2c(Br)cccc21)NC(Cc1ccccc1)C(=O)O. The molecule has 0 radical (unpaired) electrons. The van der Waals surface area contributed by atoms with Gasteiger partial charge in [-0.05, 0) is 23.8 Å². The predicted molar refractivity (Wildman–Crippen MR) is 99.4 cm³/mol. The van der Waals surface area contributed by atoms with Gasteiger partial charge in [0.05, 0.1) is 0 Å². The Labute approximate surface area is 153 Å². The molecule has 6 heteroatoms. The van der Waals surface area contributed by atoms with Crippen LogP contribution in [0.5, 0.6) is 0 Å². The molecule has 0 aliphatic heterocycles. The smallest absolute Gasteiger partial charge is 0.326 e. The standard InChI is InChI=1S/C19H17BrN2O3/c20-15-7-4-8-17-14(15)9-10-22(17)12-18(23)21-16(19(24)25)11-13-5-2-1-3-6-13/h1-10,16H,11-12H2,(H,21,23)(H,24,25). The Morgan fingerprint density at radius 3 is 2.56 bits per heavy atom. The molecule has 3 rings (SSSR count). The fourth-order valence-corrected chi connectivity index (χ4v) is 3.26. The zero-order valence-electron chi connectivity index (χ0n) is 13.4. The van der Waals surface area contributed by atoms with Crippen LogP contribution in [0.2, 0.25) is 0 Å². The molecule has 1 atom stereocenters. The molecule has 0 aliphatic carbocycles. The van der Waals surface area contributed by atoms with Crippen LogP contribution in [0.4, 0.5) is 0 Å². The molecule has 0 fully saturated rings. The summed E-state index contributed by atoms with van der Waals surface area (Å²) >= 11 is 3.48. The van der Waals surface area contributed by atoms with Crippen molar-refractivity contribution >= 4 is 38.7 Å². The molecule has 2 aromatic carbocycles. The molecule has 0 bridgehead atoms. The van der Waals surface area contributed by atoms with Gasteiger partial charge in [-0.15, -0.1) is 0 Å². The van der Waals surface area contributed by atoms with Crippen LogP contribution in [0.25, 0.3) is 10.9 Å². The Morgan fingerprint density at radius 2 is 1.84 bits per heavy atom. The number of amides is 1. The molecule has 1 aromatic heterocycles. The fourth-order valence-electron chi connectivity index (χ4n) is 2.77. The number of benzene rings is 2. The zero-order valence-corrected chi connectivity index (χ0v) is 14.9. The van der Waals surface area contributed by atoms with E-state index in [4.69, 9.17) is 0 Å². The second-order valence-corrected chi connectivity index (χ2v) is 6.62. The van der Waals surface area contributed by atoms with Gasteiger partial charge in [0, 0.05) is 28.0 Å². The average molecular weight is 401 g/mol. The first kappa shape index (κ1) is 17.2. The summed E-state index contributed by atoms with van der Waals surface area (Å²) in [6.45, 7) is 0.0680. The molecule has 1 heterocycles. The van der Waals surface area contributed by atoms with Crippen LogP contribution >= 0.6 is 15.9 Å². The van der Waals surface area contributed by atoms with Gasteiger partial charge in [-0.3, -0.25) is 4.79 Å². The van der Waals surface area contributed by atoms with Crippen molar-refractivity contribution in [1.82, 2.24) is 9.88 Å². The van der Waals surface area contributed by atoms with Gasteiger partial charge < -0.3 is 15.0 Å². The Balaban J connectivity index is 1.71. The maximum Gasteiger partial charge on any atom is 0.326 e. The molecular weight excluding hydrogens is 384 g/mol. The Kier molecular flexibility index (Phi) is 5.19. The van der Waals surface area contributed by atoms with E-state index in [1.54, 1.807) is 4.57 Å². The van der Waals surface area contributed by atoms with E-state index in [1.165, 1.54) is 0 Å². The van der Waals surface area contributed by atoms with Crippen molar-refractivity contribution < 1.29 is 14.7 Å². The van der Waals surface area contributed by atoms with Crippen molar-refractivity contribution in [1.29, 1.82) is 0 Å². The maximum absolute atomic E-state index is 12.3. The summed E-state index contributed by atoms with van der Waals surface area (Å²) < 4.78 is 2.76. The second-order valence-electron chi connectivity index (χ2n) is 5.76. The number of carboxylic acids is 1. The molecule has 1 amide bonds. The van der Waals surface area contributed by atoms with Crippen LogP contribution in [0.15, 0.2) is 65.3 Å². The van der Waals surface area contributed by atoms with Crippen LogP contribution in [0, 0.1) is 0 Å². The lowest BCUT2D eigenvalue weighted by Gasteiger charge is -2.15. The molecule has 0 saturated carbocycles. The lowest BCUT2D eigenvalue weighted by molar-refractivity contribution is -0.141. The van der Waals surface area contributed by atoms with Crippen molar-refractivity contribution in [2.45, 2.75) is 19.0 Å². The van der Waals surface area contributed by atoms with Crippen LogP contribution in [0.3, 0.4) is 0 Å². The van der Waals surface area contributed by atoms with Gasteiger partial charge in [-0.25, -0.2) is 4.79 Å². The van der Waals surface area contributed by atoms with Crippen molar-refractivity contribution in [3.63, 3.8) is 0 Å². The molecule has 0 aliphatic rings. The van der Waals surface area contributed by atoms with Gasteiger partial charge in [0.15, 0.2) is 0 Å². The average Bonchev–Trinajstić information content (AvgIpc) is 2.99. The second kappa shape index (κ2) is 7.53. The Hall–Kier alpha value is -2.60. The third-order valence-electron chi connectivity index (χ3n) is 3.99. The number of rotatable bonds is 6. The number of carbonyl (C=O) groups is 2. The zero-order chi connectivity index (χ0) is 17.8. The Bertz CT molecular complexity index is 905. The molecule has 128 valence electrons. The van der Waals surface area contributed by atoms with Crippen molar-refractivity contribution in [3.05, 3.63) is 70.8 Å². The molecule has 0 spiro atoms.